The normalized spacial score (nSPS) is 10.7. The largest absolute Gasteiger partial charge is 0.486 e. The van der Waals surface area contributed by atoms with Gasteiger partial charge in [0.1, 0.15) is 12.4 Å². The lowest BCUT2D eigenvalue weighted by atomic mass is 10.2. The van der Waals surface area contributed by atoms with Gasteiger partial charge in [-0.05, 0) is 42.5 Å². The maximum Gasteiger partial charge on any atom is 0.259 e. The van der Waals surface area contributed by atoms with Crippen molar-refractivity contribution in [1.82, 2.24) is 9.97 Å². The van der Waals surface area contributed by atoms with Crippen LogP contribution in [0.4, 0.5) is 5.69 Å². The number of benzene rings is 2. The molecule has 0 spiro atoms. The van der Waals surface area contributed by atoms with Crippen LogP contribution in [0.25, 0.3) is 11.0 Å². The number of halogens is 1. The Morgan fingerprint density at radius 3 is 2.78 bits per heavy atom. The first-order valence-corrected chi connectivity index (χ1v) is 8.54. The zero-order valence-corrected chi connectivity index (χ0v) is 14.8. The van der Waals surface area contributed by atoms with Crippen molar-refractivity contribution in [2.75, 3.05) is 5.32 Å². The van der Waals surface area contributed by atoms with Crippen LogP contribution in [0, 0.1) is 0 Å². The molecule has 0 radical (unpaired) electrons. The molecule has 4 rings (SSSR count). The smallest absolute Gasteiger partial charge is 0.259 e. The lowest BCUT2D eigenvalue weighted by molar-refractivity contribution is 0.102. The molecule has 0 unspecified atom stereocenters. The number of nitrogens with one attached hydrogen (secondary N) is 1. The number of carbonyl (C=O) groups is 1. The van der Waals surface area contributed by atoms with E-state index in [0.29, 0.717) is 33.3 Å². The zero-order chi connectivity index (χ0) is 18.6. The highest BCUT2D eigenvalue weighted by molar-refractivity contribution is 6.30. The predicted octanol–water partition coefficient (Wildman–Crippen LogP) is 4.71. The van der Waals surface area contributed by atoms with Gasteiger partial charge in [0.2, 0.25) is 0 Å². The van der Waals surface area contributed by atoms with E-state index in [2.05, 4.69) is 15.3 Å². The molecule has 1 amide bonds. The molecule has 0 aliphatic rings. The van der Waals surface area contributed by atoms with Crippen molar-refractivity contribution in [3.63, 3.8) is 0 Å². The minimum Gasteiger partial charge on any atom is -0.486 e. The molecule has 0 atom stereocenters. The van der Waals surface area contributed by atoms with Gasteiger partial charge in [0.25, 0.3) is 5.91 Å². The number of aromatic nitrogens is 2. The maximum absolute atomic E-state index is 12.6. The van der Waals surface area contributed by atoms with Crippen molar-refractivity contribution in [2.24, 2.45) is 0 Å². The summed E-state index contributed by atoms with van der Waals surface area (Å²) in [6, 6.07) is 14.0. The number of rotatable bonds is 5. The van der Waals surface area contributed by atoms with E-state index in [1.165, 1.54) is 6.26 Å². The average molecular weight is 380 g/mol. The summed E-state index contributed by atoms with van der Waals surface area (Å²) in [6.07, 6.45) is 4.69. The Balaban J connectivity index is 1.48. The summed E-state index contributed by atoms with van der Waals surface area (Å²) in [5.74, 6) is 0.725. The van der Waals surface area contributed by atoms with E-state index in [4.69, 9.17) is 20.8 Å². The van der Waals surface area contributed by atoms with Gasteiger partial charge in [0.05, 0.1) is 22.9 Å². The van der Waals surface area contributed by atoms with Gasteiger partial charge in [0, 0.05) is 23.1 Å². The first kappa shape index (κ1) is 17.1. The Bertz CT molecular complexity index is 1110. The monoisotopic (exact) mass is 379 g/mol. The van der Waals surface area contributed by atoms with Gasteiger partial charge in [0.15, 0.2) is 5.76 Å². The van der Waals surface area contributed by atoms with Crippen molar-refractivity contribution in [3.05, 3.63) is 83.5 Å². The molecule has 0 saturated heterocycles. The highest BCUT2D eigenvalue weighted by atomic mass is 35.5. The number of ether oxygens (including phenoxy) is 1. The van der Waals surface area contributed by atoms with Gasteiger partial charge in [-0.3, -0.25) is 14.8 Å². The summed E-state index contributed by atoms with van der Waals surface area (Å²) in [7, 11) is 0. The van der Waals surface area contributed by atoms with Crippen LogP contribution in [-0.4, -0.2) is 15.9 Å². The summed E-state index contributed by atoms with van der Waals surface area (Å²) < 4.78 is 11.1. The quantitative estimate of drug-likeness (QED) is 0.543. The molecule has 27 heavy (non-hydrogen) atoms. The average Bonchev–Trinajstić information content (AvgIpc) is 3.15. The Morgan fingerprint density at radius 2 is 1.93 bits per heavy atom. The molecule has 0 bridgehead atoms. The van der Waals surface area contributed by atoms with E-state index < -0.39 is 0 Å². The molecule has 0 aliphatic carbocycles. The number of furan rings is 1. The molecule has 2 aromatic carbocycles. The summed E-state index contributed by atoms with van der Waals surface area (Å²) in [5, 5.41) is 3.41. The van der Waals surface area contributed by atoms with Crippen molar-refractivity contribution >= 4 is 34.2 Å². The van der Waals surface area contributed by atoms with E-state index in [9.17, 15) is 4.79 Å². The summed E-state index contributed by atoms with van der Waals surface area (Å²) >= 11 is 5.94. The van der Waals surface area contributed by atoms with Gasteiger partial charge >= 0.3 is 0 Å². The fourth-order valence-corrected chi connectivity index (χ4v) is 2.78. The van der Waals surface area contributed by atoms with Gasteiger partial charge in [-0.15, -0.1) is 0 Å². The number of fused-ring (bicyclic) bond motifs is 1. The Morgan fingerprint density at radius 1 is 1.07 bits per heavy atom. The van der Waals surface area contributed by atoms with Crippen LogP contribution < -0.4 is 10.1 Å². The number of hydrogen-bond donors (Lipinski definition) is 1. The predicted molar refractivity (Wildman–Crippen MR) is 102 cm³/mol. The van der Waals surface area contributed by atoms with Crippen LogP contribution >= 0.6 is 11.6 Å². The topological polar surface area (TPSA) is 77.3 Å². The van der Waals surface area contributed by atoms with Crippen LogP contribution in [0.3, 0.4) is 0 Å². The van der Waals surface area contributed by atoms with E-state index in [1.54, 1.807) is 60.9 Å². The van der Waals surface area contributed by atoms with Crippen LogP contribution in [-0.2, 0) is 6.61 Å². The Kier molecular flexibility index (Phi) is 4.72. The Hall–Kier alpha value is -3.38. The molecule has 1 N–H and O–H groups in total. The summed E-state index contributed by atoms with van der Waals surface area (Å²) in [4.78, 5) is 21.1. The molecule has 2 heterocycles. The highest BCUT2D eigenvalue weighted by Crippen LogP contribution is 2.21. The molecule has 4 aromatic rings. The molecule has 7 heteroatoms. The first-order chi connectivity index (χ1) is 13.2. The maximum atomic E-state index is 12.6. The molecule has 0 fully saturated rings. The number of hydrogen-bond acceptors (Lipinski definition) is 5. The van der Waals surface area contributed by atoms with Gasteiger partial charge in [-0.1, -0.05) is 17.7 Å². The molecule has 0 saturated carbocycles. The lowest BCUT2D eigenvalue weighted by Crippen LogP contribution is -2.13. The van der Waals surface area contributed by atoms with Gasteiger partial charge in [-0.2, -0.15) is 0 Å². The number of anilines is 1. The van der Waals surface area contributed by atoms with Gasteiger partial charge in [-0.25, -0.2) is 0 Å². The zero-order valence-electron chi connectivity index (χ0n) is 14.1. The minimum atomic E-state index is -0.295. The molecule has 0 aliphatic heterocycles. The van der Waals surface area contributed by atoms with Gasteiger partial charge < -0.3 is 14.5 Å². The Labute approximate surface area is 159 Å². The third-order valence-corrected chi connectivity index (χ3v) is 4.12. The minimum absolute atomic E-state index is 0.110. The fraction of sp³-hybridized carbons (Fsp3) is 0.0500. The fourth-order valence-electron chi connectivity index (χ4n) is 2.60. The van der Waals surface area contributed by atoms with Crippen molar-refractivity contribution < 1.29 is 13.9 Å². The van der Waals surface area contributed by atoms with Crippen molar-refractivity contribution in [2.45, 2.75) is 6.61 Å². The van der Waals surface area contributed by atoms with Crippen LogP contribution in [0.15, 0.2) is 71.6 Å². The van der Waals surface area contributed by atoms with Crippen molar-refractivity contribution in [1.29, 1.82) is 0 Å². The standard InChI is InChI=1S/C20H14ClN3O3/c21-13-2-1-3-15(10-13)27-12-19-16(6-9-26-19)20(25)24-14-4-5-17-18(11-14)23-8-7-22-17/h1-11H,12H2,(H,24,25). The number of nitrogens with zero attached hydrogens (tertiary/aromatic N) is 2. The second-order valence-electron chi connectivity index (χ2n) is 5.72. The van der Waals surface area contributed by atoms with E-state index in [-0.39, 0.29) is 12.5 Å². The highest BCUT2D eigenvalue weighted by Gasteiger charge is 2.16. The number of amides is 1. The van der Waals surface area contributed by atoms with E-state index >= 15 is 0 Å². The van der Waals surface area contributed by atoms with Crippen LogP contribution in [0.5, 0.6) is 5.75 Å². The molecular weight excluding hydrogens is 366 g/mol. The molecular formula is C20H14ClN3O3. The van der Waals surface area contributed by atoms with E-state index in [0.717, 1.165) is 5.52 Å². The molecule has 6 nitrogen and oxygen atoms in total. The SMILES string of the molecule is O=C(Nc1ccc2nccnc2c1)c1ccoc1COc1cccc(Cl)c1. The summed E-state index contributed by atoms with van der Waals surface area (Å²) in [5.41, 5.74) is 2.48. The summed E-state index contributed by atoms with van der Waals surface area (Å²) in [6.45, 7) is 0.110. The van der Waals surface area contributed by atoms with Crippen LogP contribution in [0.2, 0.25) is 5.02 Å². The van der Waals surface area contributed by atoms with Crippen molar-refractivity contribution in [3.8, 4) is 5.75 Å². The lowest BCUT2D eigenvalue weighted by Gasteiger charge is -2.08. The second-order valence-corrected chi connectivity index (χ2v) is 6.15. The third-order valence-electron chi connectivity index (χ3n) is 3.88. The first-order valence-electron chi connectivity index (χ1n) is 8.16. The van der Waals surface area contributed by atoms with E-state index in [1.807, 2.05) is 0 Å². The molecule has 134 valence electrons. The number of carbonyl (C=O) groups excluding carboxylic acids is 1. The third kappa shape index (κ3) is 3.91. The van der Waals surface area contributed by atoms with Crippen LogP contribution in [0.1, 0.15) is 16.1 Å². The second kappa shape index (κ2) is 7.47. The molecule has 2 aromatic heterocycles.